The lowest BCUT2D eigenvalue weighted by atomic mass is 9.96. The van der Waals surface area contributed by atoms with Gasteiger partial charge in [-0.25, -0.2) is 8.78 Å². The van der Waals surface area contributed by atoms with Crippen molar-refractivity contribution in [2.75, 3.05) is 13.3 Å². The summed E-state index contributed by atoms with van der Waals surface area (Å²) < 4.78 is 25.7. The predicted octanol–water partition coefficient (Wildman–Crippen LogP) is 5.32. The molecule has 0 aromatic rings. The molecule has 0 spiro atoms. The van der Waals surface area contributed by atoms with Gasteiger partial charge in [0.1, 0.15) is 12.5 Å². The average molecular weight is 333 g/mol. The lowest BCUT2D eigenvalue weighted by Gasteiger charge is -2.16. The molecule has 0 aliphatic carbocycles. The van der Waals surface area contributed by atoms with Gasteiger partial charge in [-0.2, -0.15) is 0 Å². The fourth-order valence-corrected chi connectivity index (χ4v) is 2.24. The van der Waals surface area contributed by atoms with E-state index in [-0.39, 0.29) is 6.61 Å². The Bertz CT molecular complexity index is 634. The van der Waals surface area contributed by atoms with Crippen LogP contribution in [-0.2, 0) is 0 Å². The van der Waals surface area contributed by atoms with Gasteiger partial charge in [-0.15, -0.1) is 6.58 Å². The van der Waals surface area contributed by atoms with Crippen LogP contribution in [0.1, 0.15) is 33.1 Å². The van der Waals surface area contributed by atoms with Crippen LogP contribution in [0, 0.1) is 0 Å². The topological polar surface area (TPSA) is 32.6 Å². The van der Waals surface area contributed by atoms with Gasteiger partial charge in [0.15, 0.2) is 0 Å². The summed E-state index contributed by atoms with van der Waals surface area (Å²) in [6.45, 7) is 6.96. The fraction of sp³-hybridized carbons (Fsp3) is 0.350. The Labute approximate surface area is 143 Å². The van der Waals surface area contributed by atoms with Gasteiger partial charge in [0.2, 0.25) is 0 Å². The number of nitrogens with zero attached hydrogens (tertiary/aromatic N) is 1. The van der Waals surface area contributed by atoms with Gasteiger partial charge >= 0.3 is 0 Å². The summed E-state index contributed by atoms with van der Waals surface area (Å²) in [6.07, 6.45) is 11.6. The van der Waals surface area contributed by atoms with Crippen molar-refractivity contribution in [3.8, 4) is 0 Å². The maximum absolute atomic E-state index is 13.5. The van der Waals surface area contributed by atoms with E-state index in [0.29, 0.717) is 25.0 Å². The Morgan fingerprint density at radius 1 is 1.42 bits per heavy atom. The third-order valence-corrected chi connectivity index (χ3v) is 3.57. The molecule has 0 aromatic heterocycles. The summed E-state index contributed by atoms with van der Waals surface area (Å²) in [4.78, 5) is 4.54. The molecule has 4 heteroatoms. The molecule has 0 saturated carbocycles. The lowest BCUT2D eigenvalue weighted by molar-refractivity contribution is 0.299. The Morgan fingerprint density at radius 3 is 2.79 bits per heavy atom. The first-order valence-electron chi connectivity index (χ1n) is 7.98. The number of aliphatic hydroxyl groups excluding tert-OH is 1. The molecular formula is C20H25F2NO. The molecule has 1 aliphatic rings. The summed E-state index contributed by atoms with van der Waals surface area (Å²) in [5.74, 6) is -0.614. The molecule has 1 rings (SSSR count). The Hall–Kier alpha value is -2.07. The number of hydrogen-bond donors (Lipinski definition) is 1. The summed E-state index contributed by atoms with van der Waals surface area (Å²) in [7, 11) is 0. The van der Waals surface area contributed by atoms with Crippen LogP contribution in [0.2, 0.25) is 0 Å². The third kappa shape index (κ3) is 6.59. The Morgan fingerprint density at radius 2 is 2.17 bits per heavy atom. The smallest absolute Gasteiger partial charge is 0.123 e. The SMILES string of the molecule is C=CC/C(=C\C=C(/C)CCO)C1=N/C(=C/C(F)=C\CF)CC=C1C. The number of aliphatic imine (C=N–C) groups is 1. The molecule has 0 atom stereocenters. The van der Waals surface area contributed by atoms with Crippen LogP contribution in [0.25, 0.3) is 0 Å². The van der Waals surface area contributed by atoms with Crippen molar-refractivity contribution in [2.45, 2.75) is 33.1 Å². The van der Waals surface area contributed by atoms with E-state index in [9.17, 15) is 8.78 Å². The average Bonchev–Trinajstić information content (AvgIpc) is 2.54. The highest BCUT2D eigenvalue weighted by Crippen LogP contribution is 2.24. The van der Waals surface area contributed by atoms with E-state index in [1.54, 1.807) is 6.08 Å². The van der Waals surface area contributed by atoms with Crippen LogP contribution < -0.4 is 0 Å². The van der Waals surface area contributed by atoms with E-state index in [2.05, 4.69) is 11.6 Å². The van der Waals surface area contributed by atoms with E-state index in [4.69, 9.17) is 5.11 Å². The zero-order valence-corrected chi connectivity index (χ0v) is 14.4. The number of allylic oxidation sites excluding steroid dienone is 9. The number of rotatable bonds is 8. The Balaban J connectivity index is 3.19. The molecule has 130 valence electrons. The molecule has 0 radical (unpaired) electrons. The molecule has 0 saturated heterocycles. The van der Waals surface area contributed by atoms with Crippen LogP contribution in [0.5, 0.6) is 0 Å². The van der Waals surface area contributed by atoms with Gasteiger partial charge in [0.05, 0.1) is 5.71 Å². The first-order chi connectivity index (χ1) is 11.5. The molecule has 1 N–H and O–H groups in total. The zero-order chi connectivity index (χ0) is 17.9. The van der Waals surface area contributed by atoms with Crippen LogP contribution in [-0.4, -0.2) is 24.1 Å². The summed E-state index contributed by atoms with van der Waals surface area (Å²) in [5, 5.41) is 8.97. The molecule has 2 nitrogen and oxygen atoms in total. The lowest BCUT2D eigenvalue weighted by Crippen LogP contribution is -2.09. The molecule has 0 fully saturated rings. The summed E-state index contributed by atoms with van der Waals surface area (Å²) in [5.41, 5.74) is 4.39. The maximum atomic E-state index is 13.5. The van der Waals surface area contributed by atoms with E-state index < -0.39 is 12.5 Å². The van der Waals surface area contributed by atoms with E-state index in [1.807, 2.05) is 32.1 Å². The third-order valence-electron chi connectivity index (χ3n) is 3.57. The van der Waals surface area contributed by atoms with Gasteiger partial charge < -0.3 is 5.11 Å². The van der Waals surface area contributed by atoms with Crippen LogP contribution in [0.15, 0.2) is 76.3 Å². The van der Waals surface area contributed by atoms with E-state index in [1.165, 1.54) is 6.08 Å². The number of hydrogen-bond acceptors (Lipinski definition) is 2. The molecule has 1 aliphatic heterocycles. The van der Waals surface area contributed by atoms with Crippen LogP contribution >= 0.6 is 0 Å². The van der Waals surface area contributed by atoms with Crippen molar-refractivity contribution >= 4 is 5.71 Å². The number of dihydropyridines is 1. The molecule has 0 amide bonds. The Kier molecular flexibility index (Phi) is 8.87. The van der Waals surface area contributed by atoms with Gasteiger partial charge in [0, 0.05) is 18.7 Å². The van der Waals surface area contributed by atoms with Crippen molar-refractivity contribution in [3.05, 3.63) is 71.3 Å². The largest absolute Gasteiger partial charge is 0.396 e. The monoisotopic (exact) mass is 333 g/mol. The minimum Gasteiger partial charge on any atom is -0.396 e. The van der Waals surface area contributed by atoms with Crippen molar-refractivity contribution < 1.29 is 13.9 Å². The van der Waals surface area contributed by atoms with E-state index in [0.717, 1.165) is 28.5 Å². The first kappa shape index (κ1) is 20.0. The normalized spacial score (nSPS) is 18.5. The highest BCUT2D eigenvalue weighted by molar-refractivity contribution is 6.13. The van der Waals surface area contributed by atoms with Crippen molar-refractivity contribution in [2.24, 2.45) is 4.99 Å². The van der Waals surface area contributed by atoms with Crippen molar-refractivity contribution in [1.29, 1.82) is 0 Å². The van der Waals surface area contributed by atoms with Gasteiger partial charge in [-0.3, -0.25) is 4.99 Å². The molecule has 0 bridgehead atoms. The highest BCUT2D eigenvalue weighted by Gasteiger charge is 2.13. The van der Waals surface area contributed by atoms with Gasteiger partial charge in [0.25, 0.3) is 0 Å². The predicted molar refractivity (Wildman–Crippen MR) is 97.4 cm³/mol. The van der Waals surface area contributed by atoms with Gasteiger partial charge in [-0.05, 0) is 50.0 Å². The zero-order valence-electron chi connectivity index (χ0n) is 14.4. The second-order valence-electron chi connectivity index (χ2n) is 5.60. The minimum absolute atomic E-state index is 0.111. The summed E-state index contributed by atoms with van der Waals surface area (Å²) in [6, 6.07) is 0. The number of aliphatic hydroxyl groups is 1. The van der Waals surface area contributed by atoms with Crippen molar-refractivity contribution in [1.82, 2.24) is 0 Å². The maximum Gasteiger partial charge on any atom is 0.123 e. The molecule has 0 unspecified atom stereocenters. The molecule has 1 heterocycles. The van der Waals surface area contributed by atoms with Gasteiger partial charge in [-0.1, -0.05) is 29.9 Å². The van der Waals surface area contributed by atoms with Crippen LogP contribution in [0.4, 0.5) is 8.78 Å². The number of alkyl halides is 1. The highest BCUT2D eigenvalue weighted by atomic mass is 19.1. The quantitative estimate of drug-likeness (QED) is 0.473. The fourth-order valence-electron chi connectivity index (χ4n) is 2.24. The minimum atomic E-state index is -0.836. The molecular weight excluding hydrogens is 308 g/mol. The van der Waals surface area contributed by atoms with Crippen LogP contribution in [0.3, 0.4) is 0 Å². The van der Waals surface area contributed by atoms with Crippen molar-refractivity contribution in [3.63, 3.8) is 0 Å². The second-order valence-corrected chi connectivity index (χ2v) is 5.60. The second kappa shape index (κ2) is 10.7. The summed E-state index contributed by atoms with van der Waals surface area (Å²) >= 11 is 0. The first-order valence-corrected chi connectivity index (χ1v) is 7.98. The molecule has 0 aromatic carbocycles. The van der Waals surface area contributed by atoms with E-state index >= 15 is 0 Å². The standard InChI is InChI=1S/C20H25F2NO/c1-4-5-17(8-6-15(2)11-13-24)20-16(3)7-9-19(23-20)14-18(22)10-12-21/h4,6-8,10,14,24H,1,5,9,11-13H2,2-3H3/b15-6+,17-8+,18-10+,19-14+. The molecule has 24 heavy (non-hydrogen) atoms. The number of halogens is 2.